The molecule has 2 aromatic rings. The van der Waals surface area contributed by atoms with Crippen molar-refractivity contribution in [3.8, 4) is 5.75 Å². The maximum absolute atomic E-state index is 11.8. The maximum atomic E-state index is 11.8. The van der Waals surface area contributed by atoms with Crippen molar-refractivity contribution < 1.29 is 9.53 Å². The Morgan fingerprint density at radius 1 is 1.36 bits per heavy atom. The Kier molecular flexibility index (Phi) is 5.91. The molecule has 0 atom stereocenters. The molecule has 1 N–H and O–H groups in total. The number of carbonyl (C=O) groups excluding carboxylic acids is 1. The van der Waals surface area contributed by atoms with Crippen LogP contribution in [0.5, 0.6) is 5.75 Å². The molecular weight excluding hydrogens is 302 g/mol. The molecule has 0 fully saturated rings. The zero-order valence-corrected chi connectivity index (χ0v) is 12.9. The second kappa shape index (κ2) is 8.14. The van der Waals surface area contributed by atoms with Crippen LogP contribution >= 0.6 is 11.6 Å². The van der Waals surface area contributed by atoms with Gasteiger partial charge in [-0.2, -0.15) is 5.10 Å². The van der Waals surface area contributed by atoms with Crippen LogP contribution in [-0.4, -0.2) is 23.7 Å². The molecule has 114 valence electrons. The molecule has 0 aliphatic heterocycles. The Morgan fingerprint density at radius 2 is 2.14 bits per heavy atom. The minimum absolute atomic E-state index is 0.298. The quantitative estimate of drug-likeness (QED) is 0.657. The van der Waals surface area contributed by atoms with Gasteiger partial charge in [0.15, 0.2) is 0 Å². The van der Waals surface area contributed by atoms with Crippen LogP contribution in [-0.2, 0) is 0 Å². The monoisotopic (exact) mass is 317 g/mol. The lowest BCUT2D eigenvalue weighted by atomic mass is 10.2. The van der Waals surface area contributed by atoms with E-state index >= 15 is 0 Å². The van der Waals surface area contributed by atoms with Gasteiger partial charge in [0.2, 0.25) is 0 Å². The number of rotatable bonds is 6. The number of amides is 1. The van der Waals surface area contributed by atoms with Crippen LogP contribution in [0.3, 0.4) is 0 Å². The summed E-state index contributed by atoms with van der Waals surface area (Å²) in [5.74, 6) is 0.342. The number of aromatic nitrogens is 1. The molecule has 0 bridgehead atoms. The van der Waals surface area contributed by atoms with Crippen molar-refractivity contribution >= 4 is 23.7 Å². The number of hydrazone groups is 1. The molecule has 1 aromatic heterocycles. The van der Waals surface area contributed by atoms with E-state index in [0.29, 0.717) is 22.9 Å². The van der Waals surface area contributed by atoms with Crippen LogP contribution in [0, 0.1) is 0 Å². The zero-order chi connectivity index (χ0) is 15.8. The van der Waals surface area contributed by atoms with Crippen LogP contribution in [0.15, 0.2) is 47.8 Å². The normalized spacial score (nSPS) is 10.6. The van der Waals surface area contributed by atoms with Crippen molar-refractivity contribution in [2.45, 2.75) is 13.3 Å². The third-order valence-electron chi connectivity index (χ3n) is 2.74. The summed E-state index contributed by atoms with van der Waals surface area (Å²) >= 11 is 6.12. The van der Waals surface area contributed by atoms with Gasteiger partial charge in [0.1, 0.15) is 5.75 Å². The van der Waals surface area contributed by atoms with E-state index in [0.717, 1.165) is 12.0 Å². The lowest BCUT2D eigenvalue weighted by Gasteiger charge is -2.06. The van der Waals surface area contributed by atoms with E-state index in [1.807, 2.05) is 13.0 Å². The van der Waals surface area contributed by atoms with Gasteiger partial charge in [-0.3, -0.25) is 9.78 Å². The topological polar surface area (TPSA) is 63.6 Å². The van der Waals surface area contributed by atoms with Gasteiger partial charge in [0.05, 0.1) is 17.8 Å². The Hall–Kier alpha value is -2.40. The molecule has 0 unspecified atom stereocenters. The fourth-order valence-corrected chi connectivity index (χ4v) is 1.90. The first-order valence-corrected chi connectivity index (χ1v) is 7.24. The molecule has 1 aromatic carbocycles. The van der Waals surface area contributed by atoms with Crippen molar-refractivity contribution in [3.63, 3.8) is 0 Å². The number of nitrogens with one attached hydrogen (secondary N) is 1. The predicted molar refractivity (Wildman–Crippen MR) is 86.5 cm³/mol. The van der Waals surface area contributed by atoms with Crippen molar-refractivity contribution in [3.05, 3.63) is 58.9 Å². The standard InChI is InChI=1S/C16H16ClN3O2/c1-2-9-22-15-4-3-12(10-14(15)17)11-19-20-16(21)13-5-7-18-8-6-13/h3-8,10-11H,2,9H2,1H3,(H,20,21)/b19-11-. The van der Waals surface area contributed by atoms with Gasteiger partial charge >= 0.3 is 0 Å². The first-order chi connectivity index (χ1) is 10.7. The van der Waals surface area contributed by atoms with Crippen molar-refractivity contribution in [1.82, 2.24) is 10.4 Å². The average molecular weight is 318 g/mol. The molecule has 0 saturated heterocycles. The minimum Gasteiger partial charge on any atom is -0.492 e. The van der Waals surface area contributed by atoms with Crippen molar-refractivity contribution in [1.29, 1.82) is 0 Å². The number of carbonyl (C=O) groups is 1. The molecule has 1 heterocycles. The first kappa shape index (κ1) is 16.0. The minimum atomic E-state index is -0.298. The molecule has 0 saturated carbocycles. The molecule has 22 heavy (non-hydrogen) atoms. The number of nitrogens with zero attached hydrogens (tertiary/aromatic N) is 2. The third-order valence-corrected chi connectivity index (χ3v) is 3.04. The van der Waals surface area contributed by atoms with E-state index in [-0.39, 0.29) is 5.91 Å². The van der Waals surface area contributed by atoms with E-state index < -0.39 is 0 Å². The number of hydrogen-bond donors (Lipinski definition) is 1. The molecule has 0 spiro atoms. The zero-order valence-electron chi connectivity index (χ0n) is 12.1. The number of halogens is 1. The lowest BCUT2D eigenvalue weighted by Crippen LogP contribution is -2.17. The average Bonchev–Trinajstić information content (AvgIpc) is 2.55. The summed E-state index contributed by atoms with van der Waals surface area (Å²) < 4.78 is 5.49. The lowest BCUT2D eigenvalue weighted by molar-refractivity contribution is 0.0955. The second-order valence-corrected chi connectivity index (χ2v) is 4.88. The fourth-order valence-electron chi connectivity index (χ4n) is 1.66. The molecule has 0 radical (unpaired) electrons. The highest BCUT2D eigenvalue weighted by Crippen LogP contribution is 2.24. The number of pyridine rings is 1. The molecule has 6 heteroatoms. The third kappa shape index (κ3) is 4.56. The summed E-state index contributed by atoms with van der Waals surface area (Å²) in [5, 5.41) is 4.42. The van der Waals surface area contributed by atoms with Crippen LogP contribution in [0.1, 0.15) is 29.3 Å². The van der Waals surface area contributed by atoms with E-state index in [1.165, 1.54) is 6.21 Å². The van der Waals surface area contributed by atoms with Gasteiger partial charge in [-0.15, -0.1) is 0 Å². The molecule has 1 amide bonds. The number of ether oxygens (including phenoxy) is 1. The van der Waals surface area contributed by atoms with Gasteiger partial charge in [-0.25, -0.2) is 5.43 Å². The van der Waals surface area contributed by atoms with Crippen LogP contribution in [0.2, 0.25) is 5.02 Å². The molecule has 0 aliphatic carbocycles. The Bertz CT molecular complexity index is 660. The molecular formula is C16H16ClN3O2. The highest BCUT2D eigenvalue weighted by molar-refractivity contribution is 6.32. The Labute approximate surface area is 134 Å². The van der Waals surface area contributed by atoms with E-state index in [4.69, 9.17) is 16.3 Å². The second-order valence-electron chi connectivity index (χ2n) is 4.47. The summed E-state index contributed by atoms with van der Waals surface area (Å²) in [6.45, 7) is 2.65. The van der Waals surface area contributed by atoms with Gasteiger partial charge in [0, 0.05) is 18.0 Å². The largest absolute Gasteiger partial charge is 0.492 e. The van der Waals surface area contributed by atoms with E-state index in [1.54, 1.807) is 36.7 Å². The van der Waals surface area contributed by atoms with Crippen LogP contribution in [0.4, 0.5) is 0 Å². The van der Waals surface area contributed by atoms with E-state index in [2.05, 4.69) is 15.5 Å². The number of benzene rings is 1. The molecule has 2 rings (SSSR count). The summed E-state index contributed by atoms with van der Waals surface area (Å²) in [5.41, 5.74) is 3.71. The summed E-state index contributed by atoms with van der Waals surface area (Å²) in [6, 6.07) is 8.56. The predicted octanol–water partition coefficient (Wildman–Crippen LogP) is 3.29. The SMILES string of the molecule is CCCOc1ccc(/C=N\NC(=O)c2ccncc2)cc1Cl. The summed E-state index contributed by atoms with van der Waals surface area (Å²) in [7, 11) is 0. The number of hydrogen-bond acceptors (Lipinski definition) is 4. The summed E-state index contributed by atoms with van der Waals surface area (Å²) in [4.78, 5) is 15.6. The van der Waals surface area contributed by atoms with Gasteiger partial charge in [-0.1, -0.05) is 18.5 Å². The Morgan fingerprint density at radius 3 is 2.82 bits per heavy atom. The highest BCUT2D eigenvalue weighted by Gasteiger charge is 2.03. The first-order valence-electron chi connectivity index (χ1n) is 6.86. The maximum Gasteiger partial charge on any atom is 0.271 e. The van der Waals surface area contributed by atoms with Crippen molar-refractivity contribution in [2.75, 3.05) is 6.61 Å². The smallest absolute Gasteiger partial charge is 0.271 e. The fraction of sp³-hybridized carbons (Fsp3) is 0.188. The Balaban J connectivity index is 1.96. The van der Waals surface area contributed by atoms with Crippen LogP contribution < -0.4 is 10.2 Å². The van der Waals surface area contributed by atoms with Gasteiger partial charge < -0.3 is 4.74 Å². The van der Waals surface area contributed by atoms with Crippen LogP contribution in [0.25, 0.3) is 0 Å². The van der Waals surface area contributed by atoms with E-state index in [9.17, 15) is 4.79 Å². The highest BCUT2D eigenvalue weighted by atomic mass is 35.5. The summed E-state index contributed by atoms with van der Waals surface area (Å²) in [6.07, 6.45) is 5.54. The van der Waals surface area contributed by atoms with Gasteiger partial charge in [0.25, 0.3) is 5.91 Å². The molecule has 0 aliphatic rings. The van der Waals surface area contributed by atoms with Crippen molar-refractivity contribution in [2.24, 2.45) is 5.10 Å². The molecule has 5 nitrogen and oxygen atoms in total. The van der Waals surface area contributed by atoms with Gasteiger partial charge in [-0.05, 0) is 42.3 Å².